The van der Waals surface area contributed by atoms with Gasteiger partial charge in [0.2, 0.25) is 0 Å². The molecule has 2 N–H and O–H groups in total. The third kappa shape index (κ3) is 2.62. The van der Waals surface area contributed by atoms with Gasteiger partial charge in [0.05, 0.1) is 12.7 Å². The number of aromatic nitrogens is 5. The summed E-state index contributed by atoms with van der Waals surface area (Å²) in [6, 6.07) is 0. The lowest BCUT2D eigenvalue weighted by atomic mass is 10.2. The van der Waals surface area contributed by atoms with Gasteiger partial charge in [0.15, 0.2) is 5.78 Å². The van der Waals surface area contributed by atoms with E-state index in [0.29, 0.717) is 31.2 Å². The smallest absolute Gasteiger partial charge is 0.190 e. The molecule has 2 heterocycles. The van der Waals surface area contributed by atoms with Gasteiger partial charge in [0.1, 0.15) is 17.8 Å². The summed E-state index contributed by atoms with van der Waals surface area (Å²) in [7, 11) is 0. The van der Waals surface area contributed by atoms with E-state index in [4.69, 9.17) is 5.73 Å². The predicted octanol–water partition coefficient (Wildman–Crippen LogP) is -0.121. The Labute approximate surface area is 105 Å². The minimum absolute atomic E-state index is 0.0616. The van der Waals surface area contributed by atoms with Gasteiger partial charge in [0, 0.05) is 25.8 Å². The van der Waals surface area contributed by atoms with E-state index in [2.05, 4.69) is 15.1 Å². The minimum atomic E-state index is -0.0616. The molecule has 0 bridgehead atoms. The highest BCUT2D eigenvalue weighted by Gasteiger charge is 2.13. The molecule has 18 heavy (non-hydrogen) atoms. The van der Waals surface area contributed by atoms with Crippen LogP contribution in [-0.4, -0.2) is 36.6 Å². The Morgan fingerprint density at radius 1 is 1.44 bits per heavy atom. The summed E-state index contributed by atoms with van der Waals surface area (Å²) in [4.78, 5) is 20.2. The maximum Gasteiger partial charge on any atom is 0.190 e. The summed E-state index contributed by atoms with van der Waals surface area (Å²) >= 11 is 0. The highest BCUT2D eigenvalue weighted by molar-refractivity contribution is 5.95. The third-order valence-corrected chi connectivity index (χ3v) is 2.62. The van der Waals surface area contributed by atoms with Crippen LogP contribution >= 0.6 is 0 Å². The fraction of sp³-hybridized carbons (Fsp3) is 0.455. The van der Waals surface area contributed by atoms with Crippen molar-refractivity contribution in [1.82, 2.24) is 24.3 Å². The van der Waals surface area contributed by atoms with Crippen LogP contribution in [0.2, 0.25) is 0 Å². The Bertz CT molecular complexity index is 529. The van der Waals surface area contributed by atoms with Crippen LogP contribution in [0.15, 0.2) is 18.9 Å². The molecule has 0 aromatic carbocycles. The second kappa shape index (κ2) is 5.54. The Kier molecular flexibility index (Phi) is 3.83. The molecule has 96 valence electrons. The molecule has 0 unspecified atom stereocenters. The standard InChI is InChI=1S/C11H16N6O/c1-2-17-11(13-7-15-17)5-10(18)9-6-16(4-3-12)8-14-9/h6-8H,2-5,12H2,1H3. The third-order valence-electron chi connectivity index (χ3n) is 2.62. The predicted molar refractivity (Wildman–Crippen MR) is 65.0 cm³/mol. The number of nitrogens with two attached hydrogens (primary N) is 1. The lowest BCUT2D eigenvalue weighted by Gasteiger charge is -2.00. The molecule has 0 radical (unpaired) electrons. The zero-order valence-electron chi connectivity index (χ0n) is 10.3. The molecule has 2 rings (SSSR count). The molecule has 2 aromatic rings. The number of hydrogen-bond donors (Lipinski definition) is 1. The van der Waals surface area contributed by atoms with E-state index in [1.165, 1.54) is 6.33 Å². The molecular weight excluding hydrogens is 232 g/mol. The van der Waals surface area contributed by atoms with E-state index >= 15 is 0 Å². The maximum atomic E-state index is 12.0. The van der Waals surface area contributed by atoms with Crippen molar-refractivity contribution in [3.63, 3.8) is 0 Å². The highest BCUT2D eigenvalue weighted by atomic mass is 16.1. The lowest BCUT2D eigenvalue weighted by Crippen LogP contribution is -2.11. The second-order valence-electron chi connectivity index (χ2n) is 3.88. The van der Waals surface area contributed by atoms with Gasteiger partial charge in [-0.2, -0.15) is 5.10 Å². The minimum Gasteiger partial charge on any atom is -0.335 e. The summed E-state index contributed by atoms with van der Waals surface area (Å²) in [6.45, 7) is 3.84. The molecule has 0 spiro atoms. The molecule has 0 amide bonds. The van der Waals surface area contributed by atoms with Crippen molar-refractivity contribution in [2.24, 2.45) is 5.73 Å². The van der Waals surface area contributed by atoms with Gasteiger partial charge in [-0.3, -0.25) is 4.79 Å². The molecule has 0 aliphatic rings. The van der Waals surface area contributed by atoms with Gasteiger partial charge in [-0.15, -0.1) is 0 Å². The molecule has 7 heteroatoms. The zero-order valence-corrected chi connectivity index (χ0v) is 10.3. The molecule has 0 aliphatic heterocycles. The van der Waals surface area contributed by atoms with Crippen LogP contribution in [0.4, 0.5) is 0 Å². The van der Waals surface area contributed by atoms with Crippen molar-refractivity contribution in [3.8, 4) is 0 Å². The number of hydrogen-bond acceptors (Lipinski definition) is 5. The summed E-state index contributed by atoms with van der Waals surface area (Å²) in [6.07, 6.45) is 5.00. The van der Waals surface area contributed by atoms with E-state index in [9.17, 15) is 4.79 Å². The van der Waals surface area contributed by atoms with E-state index in [-0.39, 0.29) is 12.2 Å². The topological polar surface area (TPSA) is 91.6 Å². The van der Waals surface area contributed by atoms with Crippen LogP contribution in [0.3, 0.4) is 0 Å². The quantitative estimate of drug-likeness (QED) is 0.719. The molecule has 2 aromatic heterocycles. The van der Waals surface area contributed by atoms with Gasteiger partial charge >= 0.3 is 0 Å². The maximum absolute atomic E-state index is 12.0. The first kappa shape index (κ1) is 12.4. The fourth-order valence-electron chi connectivity index (χ4n) is 1.70. The Balaban J connectivity index is 2.07. The Morgan fingerprint density at radius 2 is 2.28 bits per heavy atom. The number of aryl methyl sites for hydroxylation is 1. The normalized spacial score (nSPS) is 10.8. The molecular formula is C11H16N6O. The molecule has 0 saturated heterocycles. The van der Waals surface area contributed by atoms with Crippen LogP contribution in [-0.2, 0) is 19.5 Å². The van der Waals surface area contributed by atoms with Gasteiger partial charge in [-0.05, 0) is 6.92 Å². The first-order valence-electron chi connectivity index (χ1n) is 5.86. The van der Waals surface area contributed by atoms with Crippen molar-refractivity contribution >= 4 is 5.78 Å². The van der Waals surface area contributed by atoms with Crippen molar-refractivity contribution in [1.29, 1.82) is 0 Å². The van der Waals surface area contributed by atoms with Crippen molar-refractivity contribution < 1.29 is 4.79 Å². The summed E-state index contributed by atoms with van der Waals surface area (Å²) in [5.41, 5.74) is 5.88. The highest BCUT2D eigenvalue weighted by Crippen LogP contribution is 2.03. The monoisotopic (exact) mass is 248 g/mol. The zero-order chi connectivity index (χ0) is 13.0. The van der Waals surface area contributed by atoms with Gasteiger partial charge in [0.25, 0.3) is 0 Å². The van der Waals surface area contributed by atoms with E-state index < -0.39 is 0 Å². The van der Waals surface area contributed by atoms with E-state index in [1.807, 2.05) is 6.92 Å². The van der Waals surface area contributed by atoms with Crippen LogP contribution in [0.5, 0.6) is 0 Å². The number of rotatable bonds is 6. The van der Waals surface area contributed by atoms with Crippen molar-refractivity contribution in [3.05, 3.63) is 30.4 Å². The number of ketones is 1. The van der Waals surface area contributed by atoms with Gasteiger partial charge < -0.3 is 10.3 Å². The fourth-order valence-corrected chi connectivity index (χ4v) is 1.70. The van der Waals surface area contributed by atoms with Crippen LogP contribution < -0.4 is 5.73 Å². The SMILES string of the molecule is CCn1ncnc1CC(=O)c1cn(CCN)cn1. The number of carbonyl (C=O) groups excluding carboxylic acids is 1. The van der Waals surface area contributed by atoms with Gasteiger partial charge in [-0.25, -0.2) is 14.6 Å². The van der Waals surface area contributed by atoms with Crippen LogP contribution in [0, 0.1) is 0 Å². The molecule has 0 atom stereocenters. The first-order valence-corrected chi connectivity index (χ1v) is 5.86. The van der Waals surface area contributed by atoms with E-state index in [0.717, 1.165) is 0 Å². The lowest BCUT2D eigenvalue weighted by molar-refractivity contribution is 0.0985. The molecule has 7 nitrogen and oxygen atoms in total. The summed E-state index contributed by atoms with van der Waals surface area (Å²) < 4.78 is 3.51. The van der Waals surface area contributed by atoms with Crippen molar-refractivity contribution in [2.75, 3.05) is 6.54 Å². The Morgan fingerprint density at radius 3 is 3.00 bits per heavy atom. The van der Waals surface area contributed by atoms with E-state index in [1.54, 1.807) is 21.8 Å². The summed E-state index contributed by atoms with van der Waals surface area (Å²) in [5, 5.41) is 4.03. The first-order chi connectivity index (χ1) is 8.74. The number of Topliss-reactive ketones (excluding diaryl/α,β-unsaturated/α-hetero) is 1. The average Bonchev–Trinajstić information content (AvgIpc) is 2.98. The van der Waals surface area contributed by atoms with Crippen molar-refractivity contribution in [2.45, 2.75) is 26.4 Å². The summed E-state index contributed by atoms with van der Waals surface area (Å²) in [5.74, 6) is 0.601. The number of nitrogens with zero attached hydrogens (tertiary/aromatic N) is 5. The average molecular weight is 248 g/mol. The second-order valence-corrected chi connectivity index (χ2v) is 3.88. The Hall–Kier alpha value is -2.02. The molecule has 0 fully saturated rings. The van der Waals surface area contributed by atoms with Crippen LogP contribution in [0.25, 0.3) is 0 Å². The number of imidazole rings is 1. The largest absolute Gasteiger partial charge is 0.335 e. The molecule has 0 aliphatic carbocycles. The molecule has 0 saturated carbocycles. The van der Waals surface area contributed by atoms with Crippen LogP contribution in [0.1, 0.15) is 23.2 Å². The number of carbonyl (C=O) groups is 1. The van der Waals surface area contributed by atoms with Gasteiger partial charge in [-0.1, -0.05) is 0 Å².